The highest BCUT2D eigenvalue weighted by atomic mass is 16.6. The van der Waals surface area contributed by atoms with Gasteiger partial charge in [-0.15, -0.1) is 0 Å². The summed E-state index contributed by atoms with van der Waals surface area (Å²) >= 11 is 0. The van der Waals surface area contributed by atoms with Crippen LogP contribution < -0.4 is 5.32 Å². The van der Waals surface area contributed by atoms with E-state index in [-0.39, 0.29) is 6.54 Å². The van der Waals surface area contributed by atoms with E-state index in [1.54, 1.807) is 0 Å². The molecule has 1 aromatic rings. The van der Waals surface area contributed by atoms with Crippen molar-refractivity contribution in [1.82, 2.24) is 4.90 Å². The van der Waals surface area contributed by atoms with Crippen LogP contribution >= 0.6 is 0 Å². The molecule has 1 aromatic carbocycles. The van der Waals surface area contributed by atoms with Crippen molar-refractivity contribution in [3.8, 4) is 0 Å². The Morgan fingerprint density at radius 2 is 1.81 bits per heavy atom. The minimum Gasteiger partial charge on any atom is -0.467 e. The molecule has 1 fully saturated rings. The number of amides is 2. The first-order valence-electron chi connectivity index (χ1n) is 8.69. The van der Waals surface area contributed by atoms with Gasteiger partial charge in [0.2, 0.25) is 0 Å². The molecule has 1 heterocycles. The zero-order valence-electron chi connectivity index (χ0n) is 15.9. The predicted octanol–water partition coefficient (Wildman–Crippen LogP) is 1.34. The molecular formula is C19H24N2O6. The largest absolute Gasteiger partial charge is 0.467 e. The lowest BCUT2D eigenvalue weighted by Crippen LogP contribution is -2.51. The summed E-state index contributed by atoms with van der Waals surface area (Å²) in [5.74, 6) is -2.82. The molecule has 0 bridgehead atoms. The minimum absolute atomic E-state index is 0.285. The molecule has 2 rings (SSSR count). The monoisotopic (exact) mass is 376 g/mol. The quantitative estimate of drug-likeness (QED) is 0.615. The molecule has 146 valence electrons. The van der Waals surface area contributed by atoms with Crippen molar-refractivity contribution in [2.75, 3.05) is 19.0 Å². The number of ether oxygens (including phenoxy) is 2. The Morgan fingerprint density at radius 1 is 1.19 bits per heavy atom. The standard InChI is InChI=1S/C19H24N2O6/c1-11-7-5-8-12(2)15(11)20-17(23)16(27-13(3)22)18(24)21-10-6-9-14(21)19(25)26-4/h5,7-8,14,16H,6,9-10H2,1-4H3,(H,20,23)/t14-,16?/m0/s1. The lowest BCUT2D eigenvalue weighted by molar-refractivity contribution is -0.165. The number of esters is 2. The molecule has 1 aliphatic heterocycles. The average molecular weight is 376 g/mol. The van der Waals surface area contributed by atoms with Crippen molar-refractivity contribution in [3.05, 3.63) is 29.3 Å². The zero-order valence-corrected chi connectivity index (χ0v) is 15.9. The molecule has 0 aliphatic carbocycles. The number of carbonyl (C=O) groups excluding carboxylic acids is 4. The topological polar surface area (TPSA) is 102 Å². The highest BCUT2D eigenvalue weighted by Crippen LogP contribution is 2.23. The number of nitrogens with zero attached hydrogens (tertiary/aromatic N) is 1. The Hall–Kier alpha value is -2.90. The van der Waals surface area contributed by atoms with E-state index in [9.17, 15) is 19.2 Å². The number of methoxy groups -OCH3 is 1. The van der Waals surface area contributed by atoms with Crippen LogP contribution in [0.4, 0.5) is 5.69 Å². The normalized spacial score (nSPS) is 17.2. The summed E-state index contributed by atoms with van der Waals surface area (Å²) in [4.78, 5) is 50.2. The zero-order chi connectivity index (χ0) is 20.1. The molecule has 27 heavy (non-hydrogen) atoms. The number of benzene rings is 1. The number of hydrogen-bond acceptors (Lipinski definition) is 6. The van der Waals surface area contributed by atoms with E-state index in [0.29, 0.717) is 18.5 Å². The molecule has 0 aromatic heterocycles. The molecule has 0 radical (unpaired) electrons. The summed E-state index contributed by atoms with van der Waals surface area (Å²) < 4.78 is 9.73. The van der Waals surface area contributed by atoms with Gasteiger partial charge in [-0.2, -0.15) is 0 Å². The Bertz CT molecular complexity index is 740. The van der Waals surface area contributed by atoms with Gasteiger partial charge < -0.3 is 19.7 Å². The van der Waals surface area contributed by atoms with Crippen LogP contribution in [0.15, 0.2) is 18.2 Å². The van der Waals surface area contributed by atoms with Crippen molar-refractivity contribution in [2.45, 2.75) is 45.8 Å². The van der Waals surface area contributed by atoms with Crippen LogP contribution in [-0.4, -0.2) is 54.5 Å². The van der Waals surface area contributed by atoms with Crippen LogP contribution in [0.3, 0.4) is 0 Å². The fourth-order valence-corrected chi connectivity index (χ4v) is 3.14. The Balaban J connectivity index is 2.26. The van der Waals surface area contributed by atoms with Crippen LogP contribution in [0.2, 0.25) is 0 Å². The fraction of sp³-hybridized carbons (Fsp3) is 0.474. The van der Waals surface area contributed by atoms with Crippen molar-refractivity contribution < 1.29 is 28.7 Å². The van der Waals surface area contributed by atoms with Gasteiger partial charge in [0.25, 0.3) is 17.9 Å². The number of rotatable bonds is 5. The Morgan fingerprint density at radius 3 is 2.37 bits per heavy atom. The molecular weight excluding hydrogens is 352 g/mol. The number of nitrogens with one attached hydrogen (secondary N) is 1. The summed E-state index contributed by atoms with van der Waals surface area (Å²) in [6.45, 7) is 5.04. The first-order valence-corrected chi connectivity index (χ1v) is 8.69. The first-order chi connectivity index (χ1) is 12.8. The van der Waals surface area contributed by atoms with E-state index >= 15 is 0 Å². The third-order valence-corrected chi connectivity index (χ3v) is 4.48. The summed E-state index contributed by atoms with van der Waals surface area (Å²) in [6.07, 6.45) is -0.646. The van der Waals surface area contributed by atoms with E-state index in [1.165, 1.54) is 12.0 Å². The fourth-order valence-electron chi connectivity index (χ4n) is 3.14. The number of aryl methyl sites for hydroxylation is 2. The summed E-state index contributed by atoms with van der Waals surface area (Å²) in [6, 6.07) is 4.70. The molecule has 1 saturated heterocycles. The highest BCUT2D eigenvalue weighted by Gasteiger charge is 2.42. The van der Waals surface area contributed by atoms with Crippen LogP contribution in [0.1, 0.15) is 30.9 Å². The van der Waals surface area contributed by atoms with Gasteiger partial charge in [-0.05, 0) is 37.8 Å². The summed E-state index contributed by atoms with van der Waals surface area (Å²) in [7, 11) is 1.24. The second-order valence-corrected chi connectivity index (χ2v) is 6.46. The highest BCUT2D eigenvalue weighted by molar-refractivity contribution is 6.11. The minimum atomic E-state index is -1.67. The van der Waals surface area contributed by atoms with Gasteiger partial charge in [-0.25, -0.2) is 4.79 Å². The predicted molar refractivity (Wildman–Crippen MR) is 96.9 cm³/mol. The third-order valence-electron chi connectivity index (χ3n) is 4.48. The smallest absolute Gasteiger partial charge is 0.328 e. The van der Waals surface area contributed by atoms with Gasteiger partial charge in [0.05, 0.1) is 7.11 Å². The summed E-state index contributed by atoms with van der Waals surface area (Å²) in [5, 5.41) is 2.67. The number of likely N-dealkylation sites (tertiary alicyclic amines) is 1. The first kappa shape index (κ1) is 20.4. The van der Waals surface area contributed by atoms with Crippen molar-refractivity contribution in [3.63, 3.8) is 0 Å². The maximum atomic E-state index is 12.9. The van der Waals surface area contributed by atoms with Crippen LogP contribution in [-0.2, 0) is 28.7 Å². The van der Waals surface area contributed by atoms with Crippen molar-refractivity contribution in [1.29, 1.82) is 0 Å². The van der Waals surface area contributed by atoms with Gasteiger partial charge in [0, 0.05) is 19.2 Å². The maximum absolute atomic E-state index is 12.9. The number of hydrogen-bond donors (Lipinski definition) is 1. The van der Waals surface area contributed by atoms with Gasteiger partial charge in [-0.1, -0.05) is 18.2 Å². The second kappa shape index (κ2) is 8.66. The summed E-state index contributed by atoms with van der Waals surface area (Å²) in [5.41, 5.74) is 2.18. The van der Waals surface area contributed by atoms with Gasteiger partial charge in [-0.3, -0.25) is 14.4 Å². The second-order valence-electron chi connectivity index (χ2n) is 6.46. The van der Waals surface area contributed by atoms with Crippen molar-refractivity contribution >= 4 is 29.4 Å². The van der Waals surface area contributed by atoms with Crippen LogP contribution in [0.5, 0.6) is 0 Å². The molecule has 1 unspecified atom stereocenters. The average Bonchev–Trinajstić information content (AvgIpc) is 3.11. The molecule has 8 heteroatoms. The Kier molecular flexibility index (Phi) is 6.55. The molecule has 1 aliphatic rings. The van der Waals surface area contributed by atoms with Gasteiger partial charge in [0.1, 0.15) is 6.04 Å². The van der Waals surface area contributed by atoms with Gasteiger partial charge in [0.15, 0.2) is 0 Å². The molecule has 2 atom stereocenters. The van der Waals surface area contributed by atoms with E-state index in [0.717, 1.165) is 18.1 Å². The van der Waals surface area contributed by atoms with Crippen LogP contribution in [0, 0.1) is 13.8 Å². The molecule has 8 nitrogen and oxygen atoms in total. The van der Waals surface area contributed by atoms with E-state index < -0.39 is 35.9 Å². The molecule has 0 saturated carbocycles. The SMILES string of the molecule is COC(=O)[C@@H]1CCCN1C(=O)C(OC(C)=O)C(=O)Nc1c(C)cccc1C. The number of anilines is 1. The maximum Gasteiger partial charge on any atom is 0.328 e. The lowest BCUT2D eigenvalue weighted by Gasteiger charge is -2.26. The van der Waals surface area contributed by atoms with Crippen LogP contribution in [0.25, 0.3) is 0 Å². The van der Waals surface area contributed by atoms with E-state index in [1.807, 2.05) is 32.0 Å². The molecule has 1 N–H and O–H groups in total. The van der Waals surface area contributed by atoms with Crippen molar-refractivity contribution in [2.24, 2.45) is 0 Å². The lowest BCUT2D eigenvalue weighted by atomic mass is 10.1. The molecule has 2 amide bonds. The molecule has 0 spiro atoms. The van der Waals surface area contributed by atoms with E-state index in [2.05, 4.69) is 5.32 Å². The van der Waals surface area contributed by atoms with Gasteiger partial charge >= 0.3 is 11.9 Å². The Labute approximate surface area is 157 Å². The number of carbonyl (C=O) groups is 4. The van der Waals surface area contributed by atoms with E-state index in [4.69, 9.17) is 9.47 Å². The number of para-hydroxylation sites is 1. The third kappa shape index (κ3) is 4.64.